The summed E-state index contributed by atoms with van der Waals surface area (Å²) >= 11 is 0. The Hall–Kier alpha value is -2.75. The van der Waals surface area contributed by atoms with Gasteiger partial charge >= 0.3 is 0 Å². The third kappa shape index (κ3) is 6.09. The van der Waals surface area contributed by atoms with Gasteiger partial charge in [0.2, 0.25) is 5.95 Å². The number of likely N-dealkylation sites (tertiary alicyclic amines) is 1. The number of benzene rings is 1. The van der Waals surface area contributed by atoms with Crippen LogP contribution in [-0.2, 0) is 11.3 Å². The van der Waals surface area contributed by atoms with Crippen molar-refractivity contribution in [3.63, 3.8) is 0 Å². The molecule has 2 fully saturated rings. The van der Waals surface area contributed by atoms with Crippen molar-refractivity contribution in [1.82, 2.24) is 29.3 Å². The van der Waals surface area contributed by atoms with E-state index in [0.29, 0.717) is 12.0 Å². The minimum atomic E-state index is 0.283. The molecular formula is C26H38N8O. The maximum absolute atomic E-state index is 5.46. The van der Waals surface area contributed by atoms with E-state index in [0.717, 1.165) is 88.9 Å². The first-order chi connectivity index (χ1) is 17.2. The summed E-state index contributed by atoms with van der Waals surface area (Å²) in [6.45, 7) is 12.8. The predicted octanol–water partition coefficient (Wildman–Crippen LogP) is 3.23. The summed E-state index contributed by atoms with van der Waals surface area (Å²) < 4.78 is 7.58. The van der Waals surface area contributed by atoms with Crippen LogP contribution in [0.25, 0.3) is 11.2 Å². The van der Waals surface area contributed by atoms with Crippen molar-refractivity contribution in [3.05, 3.63) is 42.2 Å². The Kier molecular flexibility index (Phi) is 7.75. The number of morpholine rings is 1. The largest absolute Gasteiger partial charge is 0.379 e. The molecule has 9 heteroatoms. The van der Waals surface area contributed by atoms with Crippen molar-refractivity contribution in [2.24, 2.45) is 0 Å². The number of imidazole rings is 1. The van der Waals surface area contributed by atoms with Crippen LogP contribution in [0.3, 0.4) is 0 Å². The minimum Gasteiger partial charge on any atom is -0.379 e. The number of nitrogens with zero attached hydrogens (tertiary/aromatic N) is 6. The van der Waals surface area contributed by atoms with Crippen molar-refractivity contribution >= 4 is 22.9 Å². The molecule has 3 aromatic rings. The molecule has 2 aromatic heterocycles. The van der Waals surface area contributed by atoms with E-state index in [1.807, 2.05) is 6.33 Å². The summed E-state index contributed by atoms with van der Waals surface area (Å²) in [6.07, 6.45) is 4.06. The van der Waals surface area contributed by atoms with Crippen molar-refractivity contribution in [1.29, 1.82) is 0 Å². The van der Waals surface area contributed by atoms with Gasteiger partial charge in [0.05, 0.1) is 19.5 Å². The number of rotatable bonds is 9. The van der Waals surface area contributed by atoms with Crippen molar-refractivity contribution < 1.29 is 4.74 Å². The summed E-state index contributed by atoms with van der Waals surface area (Å²) in [5.74, 6) is 1.50. The van der Waals surface area contributed by atoms with E-state index in [4.69, 9.17) is 14.7 Å². The fourth-order valence-electron chi connectivity index (χ4n) is 4.90. The number of nitrogens with one attached hydrogen (secondary N) is 2. The molecular weight excluding hydrogens is 440 g/mol. The summed E-state index contributed by atoms with van der Waals surface area (Å²) in [6, 6.07) is 11.4. The van der Waals surface area contributed by atoms with Gasteiger partial charge in [-0.25, -0.2) is 4.98 Å². The van der Waals surface area contributed by atoms with Gasteiger partial charge in [-0.3, -0.25) is 9.80 Å². The number of hydrogen-bond acceptors (Lipinski definition) is 8. The summed E-state index contributed by atoms with van der Waals surface area (Å²) in [5.41, 5.74) is 3.11. The molecule has 2 aliphatic heterocycles. The maximum Gasteiger partial charge on any atom is 0.226 e. The molecule has 0 bridgehead atoms. The third-order valence-electron chi connectivity index (χ3n) is 6.97. The Bertz CT molecular complexity index is 1070. The fourth-order valence-corrected chi connectivity index (χ4v) is 4.90. The second kappa shape index (κ2) is 11.3. The first-order valence-corrected chi connectivity index (χ1v) is 13.0. The van der Waals surface area contributed by atoms with Gasteiger partial charge in [0.25, 0.3) is 0 Å². The van der Waals surface area contributed by atoms with Crippen LogP contribution < -0.4 is 10.6 Å². The van der Waals surface area contributed by atoms with Crippen LogP contribution >= 0.6 is 0 Å². The second-order valence-corrected chi connectivity index (χ2v) is 9.87. The highest BCUT2D eigenvalue weighted by Gasteiger charge is 2.22. The number of aromatic nitrogens is 4. The third-order valence-corrected chi connectivity index (χ3v) is 6.97. The molecule has 0 aliphatic carbocycles. The Morgan fingerprint density at radius 1 is 1.00 bits per heavy atom. The highest BCUT2D eigenvalue weighted by molar-refractivity contribution is 5.84. The van der Waals surface area contributed by atoms with Gasteiger partial charge < -0.3 is 19.9 Å². The first-order valence-electron chi connectivity index (χ1n) is 13.0. The molecule has 4 heterocycles. The molecule has 1 aromatic carbocycles. The fraction of sp³-hybridized carbons (Fsp3) is 0.577. The quantitative estimate of drug-likeness (QED) is 0.485. The van der Waals surface area contributed by atoms with Gasteiger partial charge in [-0.05, 0) is 32.3 Å². The van der Waals surface area contributed by atoms with Gasteiger partial charge in [-0.2, -0.15) is 9.97 Å². The van der Waals surface area contributed by atoms with Gasteiger partial charge in [-0.1, -0.05) is 30.3 Å². The van der Waals surface area contributed by atoms with E-state index in [1.165, 1.54) is 5.56 Å². The number of piperidine rings is 1. The van der Waals surface area contributed by atoms with Crippen LogP contribution in [0.1, 0.15) is 38.3 Å². The molecule has 0 atom stereocenters. The zero-order valence-electron chi connectivity index (χ0n) is 21.0. The zero-order valence-corrected chi connectivity index (χ0v) is 21.0. The lowest BCUT2D eigenvalue weighted by molar-refractivity contribution is 0.0398. The van der Waals surface area contributed by atoms with E-state index < -0.39 is 0 Å². The highest BCUT2D eigenvalue weighted by atomic mass is 16.5. The van der Waals surface area contributed by atoms with Crippen LogP contribution in [0.15, 0.2) is 36.7 Å². The van der Waals surface area contributed by atoms with E-state index in [9.17, 15) is 0 Å². The van der Waals surface area contributed by atoms with Gasteiger partial charge in [-0.15, -0.1) is 0 Å². The molecule has 2 aliphatic rings. The maximum atomic E-state index is 5.46. The summed E-state index contributed by atoms with van der Waals surface area (Å²) in [7, 11) is 0. The minimum absolute atomic E-state index is 0.283. The van der Waals surface area contributed by atoms with Gasteiger partial charge in [0, 0.05) is 57.9 Å². The molecule has 2 saturated heterocycles. The molecule has 0 radical (unpaired) electrons. The van der Waals surface area contributed by atoms with E-state index in [2.05, 4.69) is 74.2 Å². The number of fused-ring (bicyclic) bond motifs is 1. The van der Waals surface area contributed by atoms with Crippen LogP contribution in [0.2, 0.25) is 0 Å². The van der Waals surface area contributed by atoms with Crippen LogP contribution in [0.4, 0.5) is 11.8 Å². The number of ether oxygens (including phenoxy) is 1. The summed E-state index contributed by atoms with van der Waals surface area (Å²) in [4.78, 5) is 19.3. The monoisotopic (exact) mass is 478 g/mol. The van der Waals surface area contributed by atoms with E-state index in [1.54, 1.807) is 0 Å². The molecule has 35 heavy (non-hydrogen) atoms. The Labute approximate surface area is 207 Å². The van der Waals surface area contributed by atoms with E-state index in [-0.39, 0.29) is 6.04 Å². The summed E-state index contributed by atoms with van der Waals surface area (Å²) in [5, 5.41) is 7.18. The molecule has 0 saturated carbocycles. The predicted molar refractivity (Wildman–Crippen MR) is 140 cm³/mol. The molecule has 0 amide bonds. The van der Waals surface area contributed by atoms with Crippen LogP contribution in [-0.4, -0.2) is 87.8 Å². The van der Waals surface area contributed by atoms with Crippen LogP contribution in [0.5, 0.6) is 0 Å². The van der Waals surface area contributed by atoms with Crippen molar-refractivity contribution in [2.75, 3.05) is 63.1 Å². The average molecular weight is 479 g/mol. The van der Waals surface area contributed by atoms with E-state index >= 15 is 0 Å². The second-order valence-electron chi connectivity index (χ2n) is 9.87. The lowest BCUT2D eigenvalue weighted by Gasteiger charge is -2.32. The lowest BCUT2D eigenvalue weighted by atomic mass is 10.0. The zero-order chi connectivity index (χ0) is 24.0. The smallest absolute Gasteiger partial charge is 0.226 e. The molecule has 2 N–H and O–H groups in total. The normalized spacial score (nSPS) is 18.4. The number of hydrogen-bond donors (Lipinski definition) is 2. The molecule has 188 valence electrons. The SMILES string of the molecule is CC(C)n1cnc2c(NC3CCN(Cc4ccccc4)CC3)nc(NCCN3CCOCC3)nc21. The molecule has 9 nitrogen and oxygen atoms in total. The van der Waals surface area contributed by atoms with Crippen molar-refractivity contribution in [2.45, 2.75) is 45.3 Å². The van der Waals surface area contributed by atoms with Crippen LogP contribution in [0, 0.1) is 0 Å². The molecule has 5 rings (SSSR count). The molecule has 0 spiro atoms. The van der Waals surface area contributed by atoms with Crippen molar-refractivity contribution in [3.8, 4) is 0 Å². The first kappa shape index (κ1) is 24.0. The number of anilines is 2. The lowest BCUT2D eigenvalue weighted by Crippen LogP contribution is -2.39. The topological polar surface area (TPSA) is 83.4 Å². The Balaban J connectivity index is 1.25. The Morgan fingerprint density at radius 3 is 2.51 bits per heavy atom. The van der Waals surface area contributed by atoms with Gasteiger partial charge in [0.1, 0.15) is 0 Å². The highest BCUT2D eigenvalue weighted by Crippen LogP contribution is 2.26. The Morgan fingerprint density at radius 2 is 1.77 bits per heavy atom. The van der Waals surface area contributed by atoms with Gasteiger partial charge in [0.15, 0.2) is 17.0 Å². The molecule has 0 unspecified atom stereocenters. The standard InChI is InChI=1S/C26H38N8O/c1-20(2)34-19-28-23-24(29-22-8-11-33(12-9-22)18-21-6-4-3-5-7-21)30-26(31-25(23)34)27-10-13-32-14-16-35-17-15-32/h3-7,19-20,22H,8-18H2,1-2H3,(H2,27,29,30,31). The average Bonchev–Trinajstić information content (AvgIpc) is 3.31.